The van der Waals surface area contributed by atoms with Crippen molar-refractivity contribution in [3.8, 4) is 11.4 Å². The molecule has 4 rings (SSSR count). The van der Waals surface area contributed by atoms with Gasteiger partial charge in [0.1, 0.15) is 17.3 Å². The maximum atomic E-state index is 14.1. The molecule has 2 aromatic heterocycles. The summed E-state index contributed by atoms with van der Waals surface area (Å²) in [5, 5.41) is 2.78. The molecule has 7 nitrogen and oxygen atoms in total. The van der Waals surface area contributed by atoms with Gasteiger partial charge in [0.05, 0.1) is 18.8 Å². The summed E-state index contributed by atoms with van der Waals surface area (Å²) in [6.07, 6.45) is -1.80. The van der Waals surface area contributed by atoms with Gasteiger partial charge in [-0.25, -0.2) is 18.7 Å². The van der Waals surface area contributed by atoms with Crippen molar-refractivity contribution in [3.05, 3.63) is 76.9 Å². The predicted octanol–water partition coefficient (Wildman–Crippen LogP) is 4.07. The fourth-order valence-electron chi connectivity index (χ4n) is 4.00. The first-order valence-electron chi connectivity index (χ1n) is 12.1. The van der Waals surface area contributed by atoms with E-state index in [1.165, 1.54) is 18.3 Å². The van der Waals surface area contributed by atoms with E-state index in [0.717, 1.165) is 37.8 Å². The molecule has 0 bridgehead atoms. The Morgan fingerprint density at radius 1 is 1.03 bits per heavy atom. The van der Waals surface area contributed by atoms with Crippen molar-refractivity contribution in [3.63, 3.8) is 0 Å². The highest BCUT2D eigenvalue weighted by Gasteiger charge is 2.31. The maximum Gasteiger partial charge on any atom is 0.417 e. The van der Waals surface area contributed by atoms with Crippen LogP contribution in [0.1, 0.15) is 33.7 Å². The van der Waals surface area contributed by atoms with E-state index in [2.05, 4.69) is 25.2 Å². The van der Waals surface area contributed by atoms with Crippen LogP contribution < -0.4 is 5.32 Å². The van der Waals surface area contributed by atoms with Crippen LogP contribution >= 0.6 is 0 Å². The fourth-order valence-corrected chi connectivity index (χ4v) is 4.00. The quantitative estimate of drug-likeness (QED) is 0.329. The minimum absolute atomic E-state index is 0.0176. The number of rotatable bonds is 9. The highest BCUT2D eigenvalue weighted by Crippen LogP contribution is 2.30. The zero-order valence-electron chi connectivity index (χ0n) is 20.4. The first-order valence-corrected chi connectivity index (χ1v) is 12.1. The lowest BCUT2D eigenvalue weighted by atomic mass is 10.1. The summed E-state index contributed by atoms with van der Waals surface area (Å²) in [4.78, 5) is 27.3. The zero-order valence-corrected chi connectivity index (χ0v) is 20.4. The molecule has 0 spiro atoms. The van der Waals surface area contributed by atoms with Gasteiger partial charge in [0.25, 0.3) is 5.91 Å². The number of ether oxygens (including phenoxy) is 1. The molecule has 0 unspecified atom stereocenters. The average molecular weight is 536 g/mol. The highest BCUT2D eigenvalue weighted by molar-refractivity contribution is 5.92. The van der Waals surface area contributed by atoms with Crippen molar-refractivity contribution >= 4 is 5.91 Å². The van der Waals surface area contributed by atoms with Gasteiger partial charge in [-0.3, -0.25) is 14.7 Å². The third kappa shape index (κ3) is 7.51. The zero-order chi connectivity index (χ0) is 27.1. The molecule has 0 saturated carbocycles. The smallest absolute Gasteiger partial charge is 0.379 e. The van der Waals surface area contributed by atoms with Gasteiger partial charge < -0.3 is 10.1 Å². The Balaban J connectivity index is 1.53. The van der Waals surface area contributed by atoms with Crippen LogP contribution in [0.5, 0.6) is 0 Å². The molecule has 1 aromatic carbocycles. The predicted molar refractivity (Wildman–Crippen MR) is 128 cm³/mol. The molecule has 38 heavy (non-hydrogen) atoms. The SMILES string of the molecule is O=C(NCCCN1CCOCC1)c1cc(CCc2ccc(F)cc2F)nc(-c2cncc(C(F)(F)F)c2)n1. The van der Waals surface area contributed by atoms with Crippen LogP contribution in [0.4, 0.5) is 22.0 Å². The number of alkyl halides is 3. The van der Waals surface area contributed by atoms with Gasteiger partial charge >= 0.3 is 6.18 Å². The summed E-state index contributed by atoms with van der Waals surface area (Å²) < 4.78 is 72.4. The first kappa shape index (κ1) is 27.5. The van der Waals surface area contributed by atoms with Crippen LogP contribution in [0.2, 0.25) is 0 Å². The molecule has 0 atom stereocenters. The van der Waals surface area contributed by atoms with Gasteiger partial charge in [-0.05, 0) is 49.6 Å². The number of nitrogens with zero attached hydrogens (tertiary/aromatic N) is 4. The van der Waals surface area contributed by atoms with E-state index in [4.69, 9.17) is 4.74 Å². The number of aryl methyl sites for hydroxylation is 2. The molecule has 3 heterocycles. The number of amides is 1. The average Bonchev–Trinajstić information content (AvgIpc) is 2.90. The van der Waals surface area contributed by atoms with Crippen LogP contribution in [0.15, 0.2) is 42.7 Å². The van der Waals surface area contributed by atoms with Gasteiger partial charge in [0.15, 0.2) is 5.82 Å². The Morgan fingerprint density at radius 2 is 1.82 bits per heavy atom. The Hall–Kier alpha value is -3.51. The van der Waals surface area contributed by atoms with Crippen molar-refractivity contribution < 1.29 is 31.5 Å². The molecule has 1 aliphatic heterocycles. The van der Waals surface area contributed by atoms with Gasteiger partial charge in [0.2, 0.25) is 0 Å². The molecule has 202 valence electrons. The Kier molecular flexibility index (Phi) is 8.95. The number of carbonyl (C=O) groups is 1. The lowest BCUT2D eigenvalue weighted by molar-refractivity contribution is -0.137. The van der Waals surface area contributed by atoms with Crippen LogP contribution in [0.3, 0.4) is 0 Å². The summed E-state index contributed by atoms with van der Waals surface area (Å²) in [7, 11) is 0. The molecule has 3 aromatic rings. The van der Waals surface area contributed by atoms with E-state index in [-0.39, 0.29) is 35.5 Å². The number of aromatic nitrogens is 3. The Morgan fingerprint density at radius 3 is 2.55 bits per heavy atom. The van der Waals surface area contributed by atoms with Gasteiger partial charge in [0, 0.05) is 49.4 Å². The number of pyridine rings is 1. The molecule has 0 aliphatic carbocycles. The van der Waals surface area contributed by atoms with Crippen molar-refractivity contribution in [2.75, 3.05) is 39.4 Å². The molecule has 12 heteroatoms. The molecule has 1 amide bonds. The van der Waals surface area contributed by atoms with E-state index >= 15 is 0 Å². The summed E-state index contributed by atoms with van der Waals surface area (Å²) >= 11 is 0. The number of nitrogens with one attached hydrogen (secondary N) is 1. The normalized spacial score (nSPS) is 14.4. The first-order chi connectivity index (χ1) is 18.2. The molecular formula is C26H26F5N5O2. The van der Waals surface area contributed by atoms with Gasteiger partial charge in [-0.2, -0.15) is 13.2 Å². The monoisotopic (exact) mass is 535 g/mol. The number of hydrogen-bond donors (Lipinski definition) is 1. The molecular weight excluding hydrogens is 509 g/mol. The lowest BCUT2D eigenvalue weighted by Gasteiger charge is -2.26. The van der Waals surface area contributed by atoms with E-state index in [0.29, 0.717) is 38.1 Å². The lowest BCUT2D eigenvalue weighted by Crippen LogP contribution is -2.38. The third-order valence-corrected chi connectivity index (χ3v) is 6.04. The van der Waals surface area contributed by atoms with E-state index < -0.39 is 29.3 Å². The minimum atomic E-state index is -4.62. The standard InChI is InChI=1S/C26H26F5N5O2/c27-20-4-2-17(22(28)13-20)3-5-21-14-23(25(37)33-6-1-7-36-8-10-38-11-9-36)35-24(34-21)18-12-19(16-32-15-18)26(29,30)31/h2,4,12-16H,1,3,5-11H2,(H,33,37). The molecule has 1 aliphatic rings. The van der Waals surface area contributed by atoms with Crippen LogP contribution in [0, 0.1) is 11.6 Å². The second-order valence-electron chi connectivity index (χ2n) is 8.83. The summed E-state index contributed by atoms with van der Waals surface area (Å²) in [5.74, 6) is -2.05. The van der Waals surface area contributed by atoms with E-state index in [1.54, 1.807) is 0 Å². The van der Waals surface area contributed by atoms with Crippen LogP contribution in [0.25, 0.3) is 11.4 Å². The van der Waals surface area contributed by atoms with E-state index in [9.17, 15) is 26.7 Å². The number of hydrogen-bond acceptors (Lipinski definition) is 6. The van der Waals surface area contributed by atoms with E-state index in [1.807, 2.05) is 0 Å². The van der Waals surface area contributed by atoms with Gasteiger partial charge in [-0.1, -0.05) is 6.07 Å². The minimum Gasteiger partial charge on any atom is -0.379 e. The molecule has 1 fully saturated rings. The largest absolute Gasteiger partial charge is 0.417 e. The molecule has 1 N–H and O–H groups in total. The van der Waals surface area contributed by atoms with Crippen LogP contribution in [-0.4, -0.2) is 65.2 Å². The Bertz CT molecular complexity index is 1270. The van der Waals surface area contributed by atoms with Crippen molar-refractivity contribution in [2.45, 2.75) is 25.4 Å². The number of benzene rings is 1. The van der Waals surface area contributed by atoms with Crippen molar-refractivity contribution in [2.24, 2.45) is 0 Å². The molecule has 0 radical (unpaired) electrons. The number of morpholine rings is 1. The third-order valence-electron chi connectivity index (χ3n) is 6.04. The van der Waals surface area contributed by atoms with Crippen molar-refractivity contribution in [1.29, 1.82) is 0 Å². The number of carbonyl (C=O) groups excluding carboxylic acids is 1. The highest BCUT2D eigenvalue weighted by atomic mass is 19.4. The summed E-state index contributed by atoms with van der Waals surface area (Å²) in [5.41, 5.74) is -0.480. The van der Waals surface area contributed by atoms with Crippen molar-refractivity contribution in [1.82, 2.24) is 25.2 Å². The molecule has 1 saturated heterocycles. The second-order valence-corrected chi connectivity index (χ2v) is 8.83. The Labute approximate surface area is 216 Å². The maximum absolute atomic E-state index is 14.1. The second kappa shape index (κ2) is 12.4. The fraction of sp³-hybridized carbons (Fsp3) is 0.385. The van der Waals surface area contributed by atoms with Crippen LogP contribution in [-0.2, 0) is 23.8 Å². The van der Waals surface area contributed by atoms with Gasteiger partial charge in [-0.15, -0.1) is 0 Å². The summed E-state index contributed by atoms with van der Waals surface area (Å²) in [6, 6.07) is 5.49. The summed E-state index contributed by atoms with van der Waals surface area (Å²) in [6.45, 7) is 4.15. The topological polar surface area (TPSA) is 80.2 Å². The number of halogens is 5.